The molecule has 1 rings (SSSR count). The SMILES string of the molecule is CC[NH+](CC)CC(O)COc1ccc(C(C)(C)C)cc1. The number of rotatable bonds is 7. The number of aliphatic hydroxyl groups excluding tert-OH is 1. The molecule has 0 aliphatic heterocycles. The molecule has 0 aromatic heterocycles. The van der Waals surface area contributed by atoms with E-state index in [9.17, 15) is 5.11 Å². The summed E-state index contributed by atoms with van der Waals surface area (Å²) in [7, 11) is 0. The maximum absolute atomic E-state index is 9.98. The predicted molar refractivity (Wildman–Crippen MR) is 83.6 cm³/mol. The van der Waals surface area contributed by atoms with Crippen LogP contribution in [0, 0.1) is 0 Å². The average Bonchev–Trinajstić information content (AvgIpc) is 2.42. The van der Waals surface area contributed by atoms with E-state index in [0.29, 0.717) is 6.61 Å². The van der Waals surface area contributed by atoms with Gasteiger partial charge in [0.2, 0.25) is 0 Å². The molecule has 0 aliphatic rings. The molecule has 3 heteroatoms. The zero-order chi connectivity index (χ0) is 15.2. The van der Waals surface area contributed by atoms with E-state index in [1.807, 2.05) is 12.1 Å². The highest BCUT2D eigenvalue weighted by molar-refractivity contribution is 5.31. The van der Waals surface area contributed by atoms with Crippen LogP contribution >= 0.6 is 0 Å². The first kappa shape index (κ1) is 17.0. The van der Waals surface area contributed by atoms with Crippen molar-refractivity contribution in [1.82, 2.24) is 0 Å². The van der Waals surface area contributed by atoms with Crippen molar-refractivity contribution in [3.8, 4) is 5.75 Å². The van der Waals surface area contributed by atoms with Gasteiger partial charge in [-0.05, 0) is 37.0 Å². The Hall–Kier alpha value is -1.06. The minimum atomic E-state index is -0.410. The topological polar surface area (TPSA) is 33.9 Å². The Morgan fingerprint density at radius 2 is 1.65 bits per heavy atom. The lowest BCUT2D eigenvalue weighted by Gasteiger charge is -2.21. The number of ether oxygens (including phenoxy) is 1. The van der Waals surface area contributed by atoms with Crippen LogP contribution in [0.4, 0.5) is 0 Å². The molecule has 1 atom stereocenters. The zero-order valence-corrected chi connectivity index (χ0v) is 13.6. The van der Waals surface area contributed by atoms with Gasteiger partial charge in [0.25, 0.3) is 0 Å². The van der Waals surface area contributed by atoms with Gasteiger partial charge >= 0.3 is 0 Å². The summed E-state index contributed by atoms with van der Waals surface area (Å²) in [6.07, 6.45) is -0.410. The highest BCUT2D eigenvalue weighted by atomic mass is 16.5. The summed E-state index contributed by atoms with van der Waals surface area (Å²) in [5.41, 5.74) is 1.45. The smallest absolute Gasteiger partial charge is 0.137 e. The van der Waals surface area contributed by atoms with Gasteiger partial charge in [-0.1, -0.05) is 32.9 Å². The van der Waals surface area contributed by atoms with Crippen molar-refractivity contribution in [2.75, 3.05) is 26.2 Å². The highest BCUT2D eigenvalue weighted by Crippen LogP contribution is 2.24. The van der Waals surface area contributed by atoms with Gasteiger partial charge in [0.05, 0.1) is 13.1 Å². The molecule has 114 valence electrons. The van der Waals surface area contributed by atoms with E-state index in [2.05, 4.69) is 46.8 Å². The second kappa shape index (κ2) is 7.65. The van der Waals surface area contributed by atoms with Crippen LogP contribution in [0.3, 0.4) is 0 Å². The van der Waals surface area contributed by atoms with Crippen LogP contribution in [0.25, 0.3) is 0 Å². The van der Waals surface area contributed by atoms with E-state index in [1.54, 1.807) is 0 Å². The molecule has 0 heterocycles. The molecule has 0 spiro atoms. The Morgan fingerprint density at radius 1 is 1.10 bits per heavy atom. The summed E-state index contributed by atoms with van der Waals surface area (Å²) in [6.45, 7) is 14.0. The molecule has 0 fully saturated rings. The fourth-order valence-corrected chi connectivity index (χ4v) is 2.17. The summed E-state index contributed by atoms with van der Waals surface area (Å²) >= 11 is 0. The quantitative estimate of drug-likeness (QED) is 0.796. The maximum atomic E-state index is 9.98. The van der Waals surface area contributed by atoms with Crippen molar-refractivity contribution in [3.05, 3.63) is 29.8 Å². The number of aliphatic hydroxyl groups is 1. The fraction of sp³-hybridized carbons (Fsp3) is 0.647. The molecule has 1 aromatic rings. The van der Waals surface area contributed by atoms with E-state index in [1.165, 1.54) is 10.5 Å². The summed E-state index contributed by atoms with van der Waals surface area (Å²) in [5, 5.41) is 9.98. The number of hydrogen-bond acceptors (Lipinski definition) is 2. The van der Waals surface area contributed by atoms with Crippen molar-refractivity contribution in [2.45, 2.75) is 46.1 Å². The third kappa shape index (κ3) is 5.51. The molecule has 20 heavy (non-hydrogen) atoms. The van der Waals surface area contributed by atoms with Crippen LogP contribution in [0.15, 0.2) is 24.3 Å². The number of nitrogens with one attached hydrogen (secondary N) is 1. The van der Waals surface area contributed by atoms with E-state index >= 15 is 0 Å². The molecule has 0 aliphatic carbocycles. The summed E-state index contributed by atoms with van der Waals surface area (Å²) in [5.74, 6) is 0.826. The van der Waals surface area contributed by atoms with Crippen LogP contribution in [-0.2, 0) is 5.41 Å². The van der Waals surface area contributed by atoms with E-state index in [-0.39, 0.29) is 5.41 Å². The normalized spacial score (nSPS) is 13.6. The Bertz CT molecular complexity index is 377. The number of hydrogen-bond donors (Lipinski definition) is 2. The van der Waals surface area contributed by atoms with Crippen molar-refractivity contribution < 1.29 is 14.7 Å². The van der Waals surface area contributed by atoms with Gasteiger partial charge in [0, 0.05) is 0 Å². The lowest BCUT2D eigenvalue weighted by molar-refractivity contribution is -0.899. The fourth-order valence-electron chi connectivity index (χ4n) is 2.17. The summed E-state index contributed by atoms with van der Waals surface area (Å²) in [6, 6.07) is 8.16. The molecule has 0 saturated heterocycles. The lowest BCUT2D eigenvalue weighted by atomic mass is 9.87. The molecule has 0 bridgehead atoms. The Labute approximate surface area is 123 Å². The second-order valence-electron chi connectivity index (χ2n) is 6.40. The Kier molecular flexibility index (Phi) is 6.50. The van der Waals surface area contributed by atoms with Crippen molar-refractivity contribution in [2.24, 2.45) is 0 Å². The van der Waals surface area contributed by atoms with Crippen LogP contribution < -0.4 is 9.64 Å². The van der Waals surface area contributed by atoms with Gasteiger partial charge in [-0.15, -0.1) is 0 Å². The van der Waals surface area contributed by atoms with Crippen molar-refractivity contribution >= 4 is 0 Å². The number of likely N-dealkylation sites (N-methyl/N-ethyl adjacent to an activating group) is 1. The number of benzene rings is 1. The minimum Gasteiger partial charge on any atom is -0.491 e. The molecule has 3 nitrogen and oxygen atoms in total. The molecule has 0 amide bonds. The van der Waals surface area contributed by atoms with Crippen LogP contribution in [0.5, 0.6) is 5.75 Å². The van der Waals surface area contributed by atoms with E-state index < -0.39 is 6.10 Å². The van der Waals surface area contributed by atoms with Gasteiger partial charge in [-0.3, -0.25) is 0 Å². The second-order valence-corrected chi connectivity index (χ2v) is 6.40. The van der Waals surface area contributed by atoms with Crippen molar-refractivity contribution in [1.29, 1.82) is 0 Å². The molecule has 1 aromatic carbocycles. The first-order valence-electron chi connectivity index (χ1n) is 7.61. The van der Waals surface area contributed by atoms with Crippen molar-refractivity contribution in [3.63, 3.8) is 0 Å². The Morgan fingerprint density at radius 3 is 2.10 bits per heavy atom. The molecule has 0 radical (unpaired) electrons. The highest BCUT2D eigenvalue weighted by Gasteiger charge is 2.14. The standard InChI is InChI=1S/C17H29NO2/c1-6-18(7-2)12-15(19)13-20-16-10-8-14(9-11-16)17(3,4)5/h8-11,15,19H,6-7,12-13H2,1-5H3/p+1. The van der Waals surface area contributed by atoms with Gasteiger partial charge in [0.15, 0.2) is 0 Å². The monoisotopic (exact) mass is 280 g/mol. The van der Waals surface area contributed by atoms with Gasteiger partial charge < -0.3 is 14.7 Å². The lowest BCUT2D eigenvalue weighted by Crippen LogP contribution is -3.12. The van der Waals surface area contributed by atoms with Crippen LogP contribution in [-0.4, -0.2) is 37.5 Å². The maximum Gasteiger partial charge on any atom is 0.137 e. The minimum absolute atomic E-state index is 0.157. The summed E-state index contributed by atoms with van der Waals surface area (Å²) in [4.78, 5) is 1.39. The number of quaternary nitrogens is 1. The third-order valence-corrected chi connectivity index (χ3v) is 3.69. The predicted octanol–water partition coefficient (Wildman–Crippen LogP) is 1.65. The zero-order valence-electron chi connectivity index (χ0n) is 13.6. The first-order valence-corrected chi connectivity index (χ1v) is 7.61. The van der Waals surface area contributed by atoms with Crippen LogP contribution in [0.1, 0.15) is 40.2 Å². The molecule has 0 saturated carbocycles. The molecule has 1 unspecified atom stereocenters. The molecular formula is C17H30NO2+. The van der Waals surface area contributed by atoms with Gasteiger partial charge in [0.1, 0.15) is 25.0 Å². The van der Waals surface area contributed by atoms with Gasteiger partial charge in [-0.25, -0.2) is 0 Å². The average molecular weight is 280 g/mol. The summed E-state index contributed by atoms with van der Waals surface area (Å²) < 4.78 is 5.66. The third-order valence-electron chi connectivity index (χ3n) is 3.69. The van der Waals surface area contributed by atoms with E-state index in [4.69, 9.17) is 4.74 Å². The van der Waals surface area contributed by atoms with E-state index in [0.717, 1.165) is 25.4 Å². The molecular weight excluding hydrogens is 250 g/mol. The van der Waals surface area contributed by atoms with Gasteiger partial charge in [-0.2, -0.15) is 0 Å². The molecule has 2 N–H and O–H groups in total. The Balaban J connectivity index is 2.46. The first-order chi connectivity index (χ1) is 9.36. The van der Waals surface area contributed by atoms with Crippen LogP contribution in [0.2, 0.25) is 0 Å². The largest absolute Gasteiger partial charge is 0.491 e.